The van der Waals surface area contributed by atoms with Gasteiger partial charge in [0.15, 0.2) is 23.1 Å². The number of nitriles is 1. The number of benzene rings is 2. The molecule has 0 aromatic heterocycles. The molecule has 1 N–H and O–H groups in total. The van der Waals surface area contributed by atoms with Crippen LogP contribution in [-0.4, -0.2) is 5.11 Å². The Hall–Kier alpha value is -2.45. The highest BCUT2D eigenvalue weighted by Crippen LogP contribution is 2.33. The number of halogens is 2. The van der Waals surface area contributed by atoms with Crippen LogP contribution in [0.3, 0.4) is 0 Å². The third-order valence-corrected chi connectivity index (χ3v) is 2.72. The van der Waals surface area contributed by atoms with E-state index in [1.54, 1.807) is 6.07 Å². The second kappa shape index (κ2) is 5.68. The van der Waals surface area contributed by atoms with Gasteiger partial charge in [-0.3, -0.25) is 0 Å². The molecule has 0 heterocycles. The lowest BCUT2D eigenvalue weighted by atomic mass is 10.1. The normalized spacial score (nSPS) is 11.8. The third-order valence-electron chi connectivity index (χ3n) is 2.72. The van der Waals surface area contributed by atoms with Crippen LogP contribution in [0.4, 0.5) is 8.78 Å². The fourth-order valence-corrected chi connectivity index (χ4v) is 1.73. The summed E-state index contributed by atoms with van der Waals surface area (Å²) in [6, 6.07) is 9.47. The molecule has 0 saturated heterocycles. The van der Waals surface area contributed by atoms with Crippen molar-refractivity contribution in [3.8, 4) is 17.6 Å². The molecule has 2 aromatic rings. The van der Waals surface area contributed by atoms with Crippen molar-refractivity contribution in [3.63, 3.8) is 0 Å². The van der Waals surface area contributed by atoms with Crippen LogP contribution in [0.25, 0.3) is 0 Å². The molecule has 0 aliphatic rings. The van der Waals surface area contributed by atoms with E-state index in [0.717, 1.165) is 12.1 Å². The first kappa shape index (κ1) is 14.0. The first-order valence-electron chi connectivity index (χ1n) is 5.87. The van der Waals surface area contributed by atoms with Crippen LogP contribution >= 0.6 is 0 Å². The molecule has 1 unspecified atom stereocenters. The molecule has 3 nitrogen and oxygen atoms in total. The van der Waals surface area contributed by atoms with E-state index < -0.39 is 17.7 Å². The van der Waals surface area contributed by atoms with E-state index in [2.05, 4.69) is 0 Å². The number of nitrogens with zero attached hydrogens (tertiary/aromatic N) is 1. The average Bonchev–Trinajstić information content (AvgIpc) is 2.42. The zero-order chi connectivity index (χ0) is 14.7. The fraction of sp³-hybridized carbons (Fsp3) is 0.133. The number of aliphatic hydroxyl groups excluding tert-OH is 1. The van der Waals surface area contributed by atoms with Crippen molar-refractivity contribution < 1.29 is 18.6 Å². The van der Waals surface area contributed by atoms with Gasteiger partial charge in [0.2, 0.25) is 0 Å². The van der Waals surface area contributed by atoms with Crippen LogP contribution < -0.4 is 4.74 Å². The summed E-state index contributed by atoms with van der Waals surface area (Å²) >= 11 is 0. The van der Waals surface area contributed by atoms with Crippen molar-refractivity contribution >= 4 is 0 Å². The zero-order valence-electron chi connectivity index (χ0n) is 10.6. The second-order valence-corrected chi connectivity index (χ2v) is 4.19. The Bertz CT molecular complexity index is 678. The van der Waals surface area contributed by atoms with Crippen molar-refractivity contribution in [2.45, 2.75) is 13.0 Å². The Morgan fingerprint density at radius 2 is 1.95 bits per heavy atom. The van der Waals surface area contributed by atoms with E-state index >= 15 is 0 Å². The van der Waals surface area contributed by atoms with Crippen molar-refractivity contribution in [2.75, 3.05) is 0 Å². The van der Waals surface area contributed by atoms with E-state index in [0.29, 0.717) is 0 Å². The van der Waals surface area contributed by atoms with Crippen LogP contribution in [0.2, 0.25) is 0 Å². The summed E-state index contributed by atoms with van der Waals surface area (Å²) in [5.74, 6) is -1.92. The molecule has 1 atom stereocenters. The lowest BCUT2D eigenvalue weighted by Crippen LogP contribution is -2.00. The summed E-state index contributed by atoms with van der Waals surface area (Å²) in [6.45, 7) is 1.46. The van der Waals surface area contributed by atoms with E-state index in [9.17, 15) is 13.9 Å². The van der Waals surface area contributed by atoms with Crippen LogP contribution in [-0.2, 0) is 0 Å². The minimum absolute atomic E-state index is 0.138. The molecule has 2 rings (SSSR count). The quantitative estimate of drug-likeness (QED) is 0.929. The Morgan fingerprint density at radius 3 is 2.55 bits per heavy atom. The Morgan fingerprint density at radius 1 is 1.20 bits per heavy atom. The number of hydrogen-bond donors (Lipinski definition) is 1. The van der Waals surface area contributed by atoms with Crippen molar-refractivity contribution in [1.82, 2.24) is 0 Å². The fourth-order valence-electron chi connectivity index (χ4n) is 1.73. The van der Waals surface area contributed by atoms with Gasteiger partial charge in [0.25, 0.3) is 0 Å². The molecule has 5 heteroatoms. The summed E-state index contributed by atoms with van der Waals surface area (Å²) in [5.41, 5.74) is 0.355. The maximum absolute atomic E-state index is 13.8. The first-order chi connectivity index (χ1) is 9.52. The number of hydrogen-bond acceptors (Lipinski definition) is 3. The smallest absolute Gasteiger partial charge is 0.168 e. The largest absolute Gasteiger partial charge is 0.451 e. The first-order valence-corrected chi connectivity index (χ1v) is 5.87. The lowest BCUT2D eigenvalue weighted by Gasteiger charge is -2.14. The van der Waals surface area contributed by atoms with Crippen molar-refractivity contribution in [3.05, 3.63) is 59.2 Å². The number of para-hydroxylation sites is 1. The van der Waals surface area contributed by atoms with Crippen molar-refractivity contribution in [2.24, 2.45) is 0 Å². The summed E-state index contributed by atoms with van der Waals surface area (Å²) < 4.78 is 32.7. The van der Waals surface area contributed by atoms with Crippen LogP contribution in [0.1, 0.15) is 24.2 Å². The van der Waals surface area contributed by atoms with E-state index in [-0.39, 0.29) is 22.6 Å². The van der Waals surface area contributed by atoms with Gasteiger partial charge in [0, 0.05) is 5.56 Å². The topological polar surface area (TPSA) is 53.2 Å². The zero-order valence-corrected chi connectivity index (χ0v) is 10.6. The van der Waals surface area contributed by atoms with Gasteiger partial charge in [-0.05, 0) is 31.2 Å². The van der Waals surface area contributed by atoms with Gasteiger partial charge in [0.05, 0.1) is 17.7 Å². The molecule has 0 fully saturated rings. The lowest BCUT2D eigenvalue weighted by molar-refractivity contribution is 0.194. The van der Waals surface area contributed by atoms with Gasteiger partial charge in [-0.1, -0.05) is 12.1 Å². The van der Waals surface area contributed by atoms with E-state index in [1.807, 2.05) is 0 Å². The molecular formula is C15H11F2NO2. The molecule has 0 bridgehead atoms. The molecule has 0 amide bonds. The molecule has 102 valence electrons. The molecule has 20 heavy (non-hydrogen) atoms. The van der Waals surface area contributed by atoms with Crippen LogP contribution in [0, 0.1) is 23.0 Å². The Labute approximate surface area is 114 Å². The van der Waals surface area contributed by atoms with Crippen LogP contribution in [0.5, 0.6) is 11.5 Å². The molecule has 0 radical (unpaired) electrons. The molecular weight excluding hydrogens is 264 g/mol. The van der Waals surface area contributed by atoms with Gasteiger partial charge in [-0.2, -0.15) is 5.26 Å². The number of ether oxygens (including phenoxy) is 1. The summed E-state index contributed by atoms with van der Waals surface area (Å²) in [5, 5.41) is 18.2. The van der Waals surface area contributed by atoms with Gasteiger partial charge in [0.1, 0.15) is 0 Å². The standard InChI is InChI=1S/C15H11F2NO2/c1-9(19)11-3-2-4-12(16)15(11)20-14-6-5-10(8-18)7-13(14)17/h2-7,9,19H,1H3. The maximum Gasteiger partial charge on any atom is 0.168 e. The summed E-state index contributed by atoms with van der Waals surface area (Å²) in [4.78, 5) is 0. The van der Waals surface area contributed by atoms with E-state index in [1.165, 1.54) is 31.2 Å². The average molecular weight is 275 g/mol. The number of rotatable bonds is 3. The Kier molecular flexibility index (Phi) is 3.97. The highest BCUT2D eigenvalue weighted by Gasteiger charge is 2.16. The van der Waals surface area contributed by atoms with Gasteiger partial charge in [-0.15, -0.1) is 0 Å². The van der Waals surface area contributed by atoms with Crippen LogP contribution in [0.15, 0.2) is 36.4 Å². The molecule has 2 aromatic carbocycles. The van der Waals surface area contributed by atoms with E-state index in [4.69, 9.17) is 10.00 Å². The van der Waals surface area contributed by atoms with Gasteiger partial charge < -0.3 is 9.84 Å². The summed E-state index contributed by atoms with van der Waals surface area (Å²) in [6.07, 6.45) is -0.956. The summed E-state index contributed by atoms with van der Waals surface area (Å²) in [7, 11) is 0. The highest BCUT2D eigenvalue weighted by molar-refractivity contribution is 5.42. The predicted octanol–water partition coefficient (Wildman–Crippen LogP) is 3.68. The van der Waals surface area contributed by atoms with Gasteiger partial charge in [-0.25, -0.2) is 8.78 Å². The highest BCUT2D eigenvalue weighted by atomic mass is 19.1. The monoisotopic (exact) mass is 275 g/mol. The molecule has 0 aliphatic heterocycles. The molecule has 0 aliphatic carbocycles. The number of aliphatic hydroxyl groups is 1. The minimum Gasteiger partial charge on any atom is -0.451 e. The SMILES string of the molecule is CC(O)c1cccc(F)c1Oc1ccc(C#N)cc1F. The third kappa shape index (κ3) is 2.76. The second-order valence-electron chi connectivity index (χ2n) is 4.19. The minimum atomic E-state index is -0.956. The van der Waals surface area contributed by atoms with Crippen molar-refractivity contribution in [1.29, 1.82) is 5.26 Å². The Balaban J connectivity index is 2.43. The molecule has 0 saturated carbocycles. The maximum atomic E-state index is 13.8. The molecule has 0 spiro atoms. The van der Waals surface area contributed by atoms with Gasteiger partial charge >= 0.3 is 0 Å². The predicted molar refractivity (Wildman–Crippen MR) is 68.2 cm³/mol.